The summed E-state index contributed by atoms with van der Waals surface area (Å²) in [5, 5.41) is 21.4. The fourth-order valence-corrected chi connectivity index (χ4v) is 1.83. The first-order valence-corrected chi connectivity index (χ1v) is 5.86. The molecule has 0 saturated heterocycles. The topological polar surface area (TPSA) is 95.6 Å². The van der Waals surface area contributed by atoms with Gasteiger partial charge < -0.3 is 21.3 Å². The highest BCUT2D eigenvalue weighted by Crippen LogP contribution is 2.22. The van der Waals surface area contributed by atoms with Gasteiger partial charge in [-0.2, -0.15) is 0 Å². The first-order valence-electron chi connectivity index (χ1n) is 5.45. The third kappa shape index (κ3) is 3.33. The van der Waals surface area contributed by atoms with Crippen molar-refractivity contribution >= 4 is 23.1 Å². The minimum Gasteiger partial charge on any atom is -0.508 e. The number of hydrogen-bond donors (Lipinski definition) is 4. The quantitative estimate of drug-likeness (QED) is 0.614. The van der Waals surface area contributed by atoms with Crippen molar-refractivity contribution in [2.24, 2.45) is 11.7 Å². The molecule has 1 atom stereocenters. The van der Waals surface area contributed by atoms with Crippen LogP contribution in [0, 0.1) is 5.92 Å². The maximum atomic E-state index is 11.9. The Morgan fingerprint density at radius 3 is 2.44 bits per heavy atom. The van der Waals surface area contributed by atoms with E-state index in [4.69, 9.17) is 23.1 Å². The number of carbonyl (C=O) groups is 1. The Hall–Kier alpha value is -1.82. The standard InChI is InChI=1S/C12H16N2O3S/c1-6(2)10(11(13)18)14-12(17)8-4-3-7(15)5-9(8)16/h3-6,10,15-16H,1-2H3,(H2,13,18)(H,14,17). The summed E-state index contributed by atoms with van der Waals surface area (Å²) in [5.74, 6) is -0.846. The molecule has 1 amide bonds. The van der Waals surface area contributed by atoms with E-state index in [0.717, 1.165) is 6.07 Å². The van der Waals surface area contributed by atoms with Crippen LogP contribution >= 0.6 is 12.2 Å². The summed E-state index contributed by atoms with van der Waals surface area (Å²) in [7, 11) is 0. The van der Waals surface area contributed by atoms with Crippen molar-refractivity contribution in [3.63, 3.8) is 0 Å². The lowest BCUT2D eigenvalue weighted by Crippen LogP contribution is -2.46. The Morgan fingerprint density at radius 1 is 1.39 bits per heavy atom. The van der Waals surface area contributed by atoms with Crippen molar-refractivity contribution in [2.45, 2.75) is 19.9 Å². The molecule has 5 nitrogen and oxygen atoms in total. The molecule has 0 radical (unpaired) electrons. The van der Waals surface area contributed by atoms with Crippen molar-refractivity contribution in [2.75, 3.05) is 0 Å². The van der Waals surface area contributed by atoms with Gasteiger partial charge in [0.05, 0.1) is 16.6 Å². The Labute approximate surface area is 111 Å². The van der Waals surface area contributed by atoms with E-state index in [1.165, 1.54) is 12.1 Å². The van der Waals surface area contributed by atoms with Gasteiger partial charge in [0.1, 0.15) is 11.5 Å². The Balaban J connectivity index is 2.91. The van der Waals surface area contributed by atoms with Gasteiger partial charge in [-0.05, 0) is 18.1 Å². The number of benzene rings is 1. The van der Waals surface area contributed by atoms with Gasteiger partial charge in [0.25, 0.3) is 5.91 Å². The number of phenols is 2. The molecule has 0 heterocycles. The number of rotatable bonds is 4. The van der Waals surface area contributed by atoms with Crippen molar-refractivity contribution in [1.29, 1.82) is 0 Å². The molecule has 6 heteroatoms. The lowest BCUT2D eigenvalue weighted by molar-refractivity contribution is 0.0937. The molecule has 0 saturated carbocycles. The highest BCUT2D eigenvalue weighted by atomic mass is 32.1. The second-order valence-corrected chi connectivity index (χ2v) is 4.77. The second kappa shape index (κ2) is 5.68. The average molecular weight is 268 g/mol. The molecule has 0 aliphatic carbocycles. The molecule has 1 aromatic carbocycles. The summed E-state index contributed by atoms with van der Waals surface area (Å²) in [6.45, 7) is 3.75. The summed E-state index contributed by atoms with van der Waals surface area (Å²) >= 11 is 4.88. The number of nitrogens with two attached hydrogens (primary N) is 1. The minimum absolute atomic E-state index is 0.0470. The van der Waals surface area contributed by atoms with E-state index in [-0.39, 0.29) is 28.0 Å². The van der Waals surface area contributed by atoms with Crippen LogP contribution in [-0.2, 0) is 0 Å². The molecule has 0 spiro atoms. The molecule has 18 heavy (non-hydrogen) atoms. The molecule has 1 unspecified atom stereocenters. The lowest BCUT2D eigenvalue weighted by Gasteiger charge is -2.21. The number of aromatic hydroxyl groups is 2. The average Bonchev–Trinajstić information content (AvgIpc) is 2.24. The zero-order chi connectivity index (χ0) is 13.9. The van der Waals surface area contributed by atoms with Gasteiger partial charge in [0, 0.05) is 6.07 Å². The fourth-order valence-electron chi connectivity index (χ4n) is 1.50. The predicted molar refractivity (Wildman–Crippen MR) is 72.6 cm³/mol. The molecule has 98 valence electrons. The lowest BCUT2D eigenvalue weighted by atomic mass is 10.0. The molecule has 5 N–H and O–H groups in total. The van der Waals surface area contributed by atoms with Crippen molar-refractivity contribution < 1.29 is 15.0 Å². The Kier molecular flexibility index (Phi) is 4.49. The number of hydrogen-bond acceptors (Lipinski definition) is 4. The zero-order valence-electron chi connectivity index (χ0n) is 10.2. The number of phenolic OH excluding ortho intramolecular Hbond substituents is 2. The van der Waals surface area contributed by atoms with Gasteiger partial charge in [0.15, 0.2) is 0 Å². The first kappa shape index (κ1) is 14.2. The highest BCUT2D eigenvalue weighted by Gasteiger charge is 2.21. The maximum Gasteiger partial charge on any atom is 0.255 e. The number of nitrogens with one attached hydrogen (secondary N) is 1. The molecule has 1 rings (SSSR count). The van der Waals surface area contributed by atoms with Crippen LogP contribution in [0.15, 0.2) is 18.2 Å². The van der Waals surface area contributed by atoms with E-state index in [1.54, 1.807) is 0 Å². The van der Waals surface area contributed by atoms with Gasteiger partial charge in [0.2, 0.25) is 0 Å². The Bertz CT molecular complexity index is 474. The molecule has 0 fully saturated rings. The first-order chi connectivity index (χ1) is 8.32. The van der Waals surface area contributed by atoms with E-state index < -0.39 is 11.9 Å². The molecule has 0 aromatic heterocycles. The normalized spacial score (nSPS) is 12.2. The van der Waals surface area contributed by atoms with Crippen LogP contribution in [0.2, 0.25) is 0 Å². The summed E-state index contributed by atoms with van der Waals surface area (Å²) in [4.78, 5) is 12.1. The van der Waals surface area contributed by atoms with Crippen LogP contribution in [0.5, 0.6) is 11.5 Å². The predicted octanol–water partition coefficient (Wildman–Crippen LogP) is 1.14. The van der Waals surface area contributed by atoms with Gasteiger partial charge in [-0.1, -0.05) is 26.1 Å². The zero-order valence-corrected chi connectivity index (χ0v) is 11.0. The van der Waals surface area contributed by atoms with E-state index in [9.17, 15) is 9.90 Å². The van der Waals surface area contributed by atoms with Gasteiger partial charge in [-0.25, -0.2) is 0 Å². The van der Waals surface area contributed by atoms with Crippen LogP contribution in [-0.4, -0.2) is 27.2 Å². The van der Waals surface area contributed by atoms with Gasteiger partial charge in [-0.3, -0.25) is 4.79 Å². The highest BCUT2D eigenvalue weighted by molar-refractivity contribution is 7.80. The molecular weight excluding hydrogens is 252 g/mol. The smallest absolute Gasteiger partial charge is 0.255 e. The third-order valence-electron chi connectivity index (χ3n) is 2.49. The minimum atomic E-state index is -0.487. The SMILES string of the molecule is CC(C)C(NC(=O)c1ccc(O)cc1O)C(N)=S. The third-order valence-corrected chi connectivity index (χ3v) is 2.74. The Morgan fingerprint density at radius 2 is 2.00 bits per heavy atom. The van der Waals surface area contributed by atoms with Crippen LogP contribution < -0.4 is 11.1 Å². The number of amides is 1. The van der Waals surface area contributed by atoms with Crippen LogP contribution in [0.3, 0.4) is 0 Å². The van der Waals surface area contributed by atoms with Crippen molar-refractivity contribution in [1.82, 2.24) is 5.32 Å². The van der Waals surface area contributed by atoms with Gasteiger partial charge in [-0.15, -0.1) is 0 Å². The number of thiocarbonyl (C=S) groups is 1. The molecule has 0 aliphatic heterocycles. The molecule has 1 aromatic rings. The second-order valence-electron chi connectivity index (χ2n) is 4.30. The number of carbonyl (C=O) groups excluding carboxylic acids is 1. The van der Waals surface area contributed by atoms with E-state index in [2.05, 4.69) is 5.32 Å². The van der Waals surface area contributed by atoms with Crippen molar-refractivity contribution in [3.8, 4) is 11.5 Å². The molecule has 0 bridgehead atoms. The summed E-state index contributed by atoms with van der Waals surface area (Å²) < 4.78 is 0. The monoisotopic (exact) mass is 268 g/mol. The summed E-state index contributed by atoms with van der Waals surface area (Å²) in [6, 6.07) is 3.30. The van der Waals surface area contributed by atoms with Crippen LogP contribution in [0.4, 0.5) is 0 Å². The van der Waals surface area contributed by atoms with Crippen molar-refractivity contribution in [3.05, 3.63) is 23.8 Å². The van der Waals surface area contributed by atoms with Gasteiger partial charge >= 0.3 is 0 Å². The molecular formula is C12H16N2O3S. The fraction of sp³-hybridized carbons (Fsp3) is 0.333. The van der Waals surface area contributed by atoms with E-state index in [1.807, 2.05) is 13.8 Å². The van der Waals surface area contributed by atoms with E-state index >= 15 is 0 Å². The molecule has 0 aliphatic rings. The maximum absolute atomic E-state index is 11.9. The van der Waals surface area contributed by atoms with Crippen LogP contribution in [0.1, 0.15) is 24.2 Å². The summed E-state index contributed by atoms with van der Waals surface area (Å²) in [5.41, 5.74) is 5.60. The van der Waals surface area contributed by atoms with Crippen LogP contribution in [0.25, 0.3) is 0 Å². The summed E-state index contributed by atoms with van der Waals surface area (Å²) in [6.07, 6.45) is 0. The van der Waals surface area contributed by atoms with E-state index in [0.29, 0.717) is 0 Å². The largest absolute Gasteiger partial charge is 0.508 e.